The van der Waals surface area contributed by atoms with Crippen LogP contribution < -0.4 is 5.32 Å². The van der Waals surface area contributed by atoms with Crippen molar-refractivity contribution in [2.75, 3.05) is 19.7 Å². The molecule has 0 saturated carbocycles. The molecular formula is C20H30N2O2. The van der Waals surface area contributed by atoms with Crippen molar-refractivity contribution in [3.05, 3.63) is 34.9 Å². The monoisotopic (exact) mass is 330 g/mol. The molecule has 1 N–H and O–H groups in total. The molecule has 0 unspecified atom stereocenters. The van der Waals surface area contributed by atoms with E-state index in [4.69, 9.17) is 4.74 Å². The molecule has 0 radical (unpaired) electrons. The van der Waals surface area contributed by atoms with Gasteiger partial charge in [0.15, 0.2) is 0 Å². The van der Waals surface area contributed by atoms with Crippen LogP contribution in [-0.2, 0) is 16.0 Å². The van der Waals surface area contributed by atoms with Crippen LogP contribution in [0.5, 0.6) is 0 Å². The number of carbonyl (C=O) groups excluding carboxylic acids is 1. The van der Waals surface area contributed by atoms with Gasteiger partial charge in [-0.2, -0.15) is 0 Å². The lowest BCUT2D eigenvalue weighted by atomic mass is 10.0. The zero-order valence-corrected chi connectivity index (χ0v) is 15.3. The molecule has 24 heavy (non-hydrogen) atoms. The Morgan fingerprint density at radius 3 is 2.79 bits per heavy atom. The topological polar surface area (TPSA) is 41.6 Å². The molecule has 1 aromatic rings. The van der Waals surface area contributed by atoms with Crippen molar-refractivity contribution in [3.8, 4) is 0 Å². The van der Waals surface area contributed by atoms with Gasteiger partial charge in [-0.1, -0.05) is 32.0 Å². The van der Waals surface area contributed by atoms with Crippen LogP contribution >= 0.6 is 0 Å². The number of carbonyl (C=O) groups is 1. The minimum atomic E-state index is 0.129. The van der Waals surface area contributed by atoms with Crippen LogP contribution in [0.3, 0.4) is 0 Å². The fourth-order valence-corrected chi connectivity index (χ4v) is 3.79. The van der Waals surface area contributed by atoms with E-state index in [1.165, 1.54) is 11.1 Å². The lowest BCUT2D eigenvalue weighted by molar-refractivity contribution is -0.121. The van der Waals surface area contributed by atoms with Crippen molar-refractivity contribution in [2.45, 2.75) is 58.7 Å². The normalized spacial score (nSPS) is 27.3. The molecule has 2 aliphatic heterocycles. The van der Waals surface area contributed by atoms with Crippen molar-refractivity contribution in [2.24, 2.45) is 5.92 Å². The number of benzene rings is 1. The molecule has 0 aromatic heterocycles. The Morgan fingerprint density at radius 2 is 2.08 bits per heavy atom. The predicted octanol–water partition coefficient (Wildman–Crippen LogP) is 2.46. The minimum absolute atomic E-state index is 0.129. The highest BCUT2D eigenvalue weighted by Crippen LogP contribution is 2.25. The van der Waals surface area contributed by atoms with Crippen LogP contribution in [0, 0.1) is 19.8 Å². The van der Waals surface area contributed by atoms with Crippen LogP contribution in [0.2, 0.25) is 0 Å². The molecule has 0 spiro atoms. The van der Waals surface area contributed by atoms with Crippen LogP contribution in [0.4, 0.5) is 0 Å². The SMILES string of the molecule is Cc1ccc(CC(=O)N[C@@H]2C[C@H]3CO[C@@H](C(C)C)CN3C2)cc1C. The maximum atomic E-state index is 12.4. The van der Waals surface area contributed by atoms with Gasteiger partial charge >= 0.3 is 0 Å². The van der Waals surface area contributed by atoms with Crippen LogP contribution in [0.25, 0.3) is 0 Å². The first-order chi connectivity index (χ1) is 11.4. The highest BCUT2D eigenvalue weighted by Gasteiger charge is 2.38. The first-order valence-electron chi connectivity index (χ1n) is 9.13. The summed E-state index contributed by atoms with van der Waals surface area (Å²) in [6.07, 6.45) is 1.79. The maximum Gasteiger partial charge on any atom is 0.224 e. The summed E-state index contributed by atoms with van der Waals surface area (Å²) >= 11 is 0. The number of hydrogen-bond acceptors (Lipinski definition) is 3. The number of rotatable bonds is 4. The molecule has 3 rings (SSSR count). The van der Waals surface area contributed by atoms with E-state index in [1.54, 1.807) is 0 Å². The van der Waals surface area contributed by atoms with Gasteiger partial charge in [0.25, 0.3) is 0 Å². The lowest BCUT2D eigenvalue weighted by Crippen LogP contribution is -2.48. The average molecular weight is 330 g/mol. The fourth-order valence-electron chi connectivity index (χ4n) is 3.79. The summed E-state index contributed by atoms with van der Waals surface area (Å²) in [7, 11) is 0. The molecule has 2 aliphatic rings. The quantitative estimate of drug-likeness (QED) is 0.922. The largest absolute Gasteiger partial charge is 0.375 e. The molecule has 0 aliphatic carbocycles. The Morgan fingerprint density at radius 1 is 1.29 bits per heavy atom. The highest BCUT2D eigenvalue weighted by atomic mass is 16.5. The third-order valence-corrected chi connectivity index (χ3v) is 5.49. The van der Waals surface area contributed by atoms with E-state index in [0.717, 1.165) is 31.7 Å². The van der Waals surface area contributed by atoms with Crippen molar-refractivity contribution < 1.29 is 9.53 Å². The Bertz CT molecular complexity index is 599. The van der Waals surface area contributed by atoms with Crippen molar-refractivity contribution in [3.63, 3.8) is 0 Å². The number of morpholine rings is 1. The number of nitrogens with one attached hydrogen (secondary N) is 1. The maximum absolute atomic E-state index is 12.4. The summed E-state index contributed by atoms with van der Waals surface area (Å²) < 4.78 is 5.97. The molecule has 1 amide bonds. The van der Waals surface area contributed by atoms with Gasteiger partial charge < -0.3 is 10.1 Å². The van der Waals surface area contributed by atoms with E-state index in [9.17, 15) is 4.79 Å². The summed E-state index contributed by atoms with van der Waals surface area (Å²) in [6.45, 7) is 11.4. The van der Waals surface area contributed by atoms with Crippen molar-refractivity contribution in [1.29, 1.82) is 0 Å². The number of nitrogens with zero attached hydrogens (tertiary/aromatic N) is 1. The molecule has 4 heteroatoms. The van der Waals surface area contributed by atoms with Gasteiger partial charge in [-0.3, -0.25) is 9.69 Å². The molecular weight excluding hydrogens is 300 g/mol. The van der Waals surface area contributed by atoms with Crippen molar-refractivity contribution >= 4 is 5.91 Å². The molecule has 2 fully saturated rings. The van der Waals surface area contributed by atoms with E-state index in [1.807, 2.05) is 0 Å². The minimum Gasteiger partial charge on any atom is -0.375 e. The fraction of sp³-hybridized carbons (Fsp3) is 0.650. The molecule has 1 aromatic carbocycles. The molecule has 3 atom stereocenters. The average Bonchev–Trinajstić information content (AvgIpc) is 2.91. The first-order valence-corrected chi connectivity index (χ1v) is 9.13. The predicted molar refractivity (Wildman–Crippen MR) is 96.1 cm³/mol. The second kappa shape index (κ2) is 7.24. The van der Waals surface area contributed by atoms with E-state index >= 15 is 0 Å². The van der Waals surface area contributed by atoms with Gasteiger partial charge in [0, 0.05) is 25.2 Å². The van der Waals surface area contributed by atoms with Gasteiger partial charge in [-0.15, -0.1) is 0 Å². The van der Waals surface area contributed by atoms with Crippen LogP contribution in [0.15, 0.2) is 18.2 Å². The van der Waals surface area contributed by atoms with Gasteiger partial charge in [-0.25, -0.2) is 0 Å². The smallest absolute Gasteiger partial charge is 0.224 e. The molecule has 2 saturated heterocycles. The summed E-state index contributed by atoms with van der Waals surface area (Å²) in [4.78, 5) is 14.9. The van der Waals surface area contributed by atoms with Gasteiger partial charge in [0.1, 0.15) is 0 Å². The van der Waals surface area contributed by atoms with Gasteiger partial charge in [-0.05, 0) is 42.9 Å². The van der Waals surface area contributed by atoms with Crippen molar-refractivity contribution in [1.82, 2.24) is 10.2 Å². The number of fused-ring (bicyclic) bond motifs is 1. The second-order valence-corrected chi connectivity index (χ2v) is 7.82. The summed E-state index contributed by atoms with van der Waals surface area (Å²) in [5.41, 5.74) is 3.61. The summed E-state index contributed by atoms with van der Waals surface area (Å²) in [5, 5.41) is 3.23. The lowest BCUT2D eigenvalue weighted by Gasteiger charge is -2.36. The number of ether oxygens (including phenoxy) is 1. The molecule has 132 valence electrons. The van der Waals surface area contributed by atoms with E-state index in [2.05, 4.69) is 56.1 Å². The summed E-state index contributed by atoms with van der Waals surface area (Å²) in [6, 6.07) is 6.99. The Balaban J connectivity index is 1.52. The van der Waals surface area contributed by atoms with E-state index in [0.29, 0.717) is 24.5 Å². The summed E-state index contributed by atoms with van der Waals surface area (Å²) in [5.74, 6) is 0.675. The highest BCUT2D eigenvalue weighted by molar-refractivity contribution is 5.79. The third-order valence-electron chi connectivity index (χ3n) is 5.49. The van der Waals surface area contributed by atoms with Gasteiger partial charge in [0.05, 0.1) is 19.1 Å². The zero-order valence-electron chi connectivity index (χ0n) is 15.3. The molecule has 4 nitrogen and oxygen atoms in total. The van der Waals surface area contributed by atoms with Gasteiger partial charge in [0.2, 0.25) is 5.91 Å². The standard InChI is InChI=1S/C20H30N2O2/c1-13(2)19-11-22-10-17(9-18(22)12-24-19)21-20(23)8-16-6-5-14(3)15(4)7-16/h5-7,13,17-19H,8-12H2,1-4H3,(H,21,23)/t17-,18+,19-/m1/s1. The number of hydrogen-bond donors (Lipinski definition) is 1. The Kier molecular flexibility index (Phi) is 5.26. The van der Waals surface area contributed by atoms with E-state index in [-0.39, 0.29) is 11.9 Å². The molecule has 2 heterocycles. The Labute approximate surface area is 145 Å². The van der Waals surface area contributed by atoms with Crippen LogP contribution in [0.1, 0.15) is 37.0 Å². The molecule has 0 bridgehead atoms. The first kappa shape index (κ1) is 17.4. The third kappa shape index (κ3) is 3.98. The number of aryl methyl sites for hydroxylation is 2. The number of amides is 1. The van der Waals surface area contributed by atoms with Crippen LogP contribution in [-0.4, -0.2) is 48.7 Å². The van der Waals surface area contributed by atoms with E-state index < -0.39 is 0 Å². The second-order valence-electron chi connectivity index (χ2n) is 7.82. The zero-order chi connectivity index (χ0) is 17.3. The Hall–Kier alpha value is -1.39.